The number of rotatable bonds is 3. The molecular formula is C28H34N4O3. The molecule has 3 heterocycles. The smallest absolute Gasteiger partial charge is 0.410 e. The van der Waals surface area contributed by atoms with Gasteiger partial charge >= 0.3 is 6.09 Å². The Bertz CT molecular complexity index is 1190. The van der Waals surface area contributed by atoms with Gasteiger partial charge in [0.25, 0.3) is 0 Å². The quantitative estimate of drug-likeness (QED) is 0.621. The summed E-state index contributed by atoms with van der Waals surface area (Å²) in [7, 11) is 0. The Labute approximate surface area is 206 Å². The van der Waals surface area contributed by atoms with E-state index in [9.17, 15) is 9.59 Å². The molecule has 2 aliphatic heterocycles. The summed E-state index contributed by atoms with van der Waals surface area (Å²) in [5.41, 5.74) is 5.54. The van der Waals surface area contributed by atoms with Crippen molar-refractivity contribution in [2.75, 3.05) is 19.6 Å². The summed E-state index contributed by atoms with van der Waals surface area (Å²) < 4.78 is 7.81. The number of amides is 2. The van der Waals surface area contributed by atoms with Crippen LogP contribution >= 0.6 is 0 Å². The summed E-state index contributed by atoms with van der Waals surface area (Å²) >= 11 is 0. The monoisotopic (exact) mass is 474 g/mol. The predicted octanol–water partition coefficient (Wildman–Crippen LogP) is 4.33. The second kappa shape index (κ2) is 7.70. The Kier molecular flexibility index (Phi) is 4.93. The molecule has 5 aliphatic rings. The molecular weight excluding hydrogens is 440 g/mol. The van der Waals surface area contributed by atoms with Gasteiger partial charge in [0.1, 0.15) is 5.60 Å². The SMILES string of the molecule is C=CC(=O)N1CCc2nn(-c3ccc(C45CC(C4)C5)cc3)c3c2C(C1)N(C(=O)OC(C)(C)C)CC3. The van der Waals surface area contributed by atoms with Gasteiger partial charge in [0.2, 0.25) is 5.91 Å². The molecule has 1 aromatic heterocycles. The minimum Gasteiger partial charge on any atom is -0.444 e. The highest BCUT2D eigenvalue weighted by Gasteiger charge is 2.57. The van der Waals surface area contributed by atoms with Crippen LogP contribution in [0.2, 0.25) is 0 Å². The maximum atomic E-state index is 13.2. The molecule has 3 saturated carbocycles. The van der Waals surface area contributed by atoms with E-state index >= 15 is 0 Å². The lowest BCUT2D eigenvalue weighted by atomic mass is 9.42. The summed E-state index contributed by atoms with van der Waals surface area (Å²) in [5, 5.41) is 5.04. The molecule has 0 saturated heterocycles. The van der Waals surface area contributed by atoms with Crippen molar-refractivity contribution in [3.63, 3.8) is 0 Å². The lowest BCUT2D eigenvalue weighted by Gasteiger charge is -2.62. The van der Waals surface area contributed by atoms with E-state index in [1.807, 2.05) is 20.8 Å². The molecule has 0 spiro atoms. The van der Waals surface area contributed by atoms with E-state index in [0.717, 1.165) is 28.6 Å². The van der Waals surface area contributed by atoms with Crippen LogP contribution in [0.4, 0.5) is 4.79 Å². The van der Waals surface area contributed by atoms with E-state index in [4.69, 9.17) is 9.84 Å². The first-order valence-electron chi connectivity index (χ1n) is 12.8. The topological polar surface area (TPSA) is 67.7 Å². The molecule has 35 heavy (non-hydrogen) atoms. The van der Waals surface area contributed by atoms with Crippen LogP contribution in [0.3, 0.4) is 0 Å². The van der Waals surface area contributed by atoms with Crippen molar-refractivity contribution in [2.45, 2.75) is 69.9 Å². The van der Waals surface area contributed by atoms with Crippen LogP contribution < -0.4 is 0 Å². The highest BCUT2D eigenvalue weighted by molar-refractivity contribution is 5.87. The molecule has 7 rings (SSSR count). The van der Waals surface area contributed by atoms with Crippen molar-refractivity contribution in [3.8, 4) is 5.69 Å². The van der Waals surface area contributed by atoms with Crippen molar-refractivity contribution < 1.29 is 14.3 Å². The van der Waals surface area contributed by atoms with Crippen LogP contribution in [-0.4, -0.2) is 56.8 Å². The fourth-order valence-electron chi connectivity index (χ4n) is 6.46. The van der Waals surface area contributed by atoms with E-state index in [-0.39, 0.29) is 18.0 Å². The summed E-state index contributed by atoms with van der Waals surface area (Å²) in [6, 6.07) is 8.66. The van der Waals surface area contributed by atoms with Crippen LogP contribution in [0.15, 0.2) is 36.9 Å². The molecule has 2 amide bonds. The molecule has 0 N–H and O–H groups in total. The average molecular weight is 475 g/mol. The van der Waals surface area contributed by atoms with Crippen LogP contribution in [0.5, 0.6) is 0 Å². The number of ether oxygens (including phenoxy) is 1. The molecule has 0 radical (unpaired) electrons. The minimum absolute atomic E-state index is 0.122. The van der Waals surface area contributed by atoms with E-state index in [2.05, 4.69) is 35.5 Å². The van der Waals surface area contributed by atoms with Gasteiger partial charge in [-0.15, -0.1) is 0 Å². The Hall–Kier alpha value is -3.09. The van der Waals surface area contributed by atoms with Gasteiger partial charge in [-0.3, -0.25) is 9.69 Å². The van der Waals surface area contributed by atoms with E-state index in [0.29, 0.717) is 37.9 Å². The van der Waals surface area contributed by atoms with E-state index in [1.165, 1.54) is 30.9 Å². The normalized spacial score (nSPS) is 26.7. The third kappa shape index (κ3) is 3.58. The molecule has 3 fully saturated rings. The van der Waals surface area contributed by atoms with Gasteiger partial charge < -0.3 is 9.64 Å². The van der Waals surface area contributed by atoms with Gasteiger partial charge in [0, 0.05) is 38.0 Å². The predicted molar refractivity (Wildman–Crippen MR) is 132 cm³/mol. The minimum atomic E-state index is -0.589. The van der Waals surface area contributed by atoms with E-state index < -0.39 is 5.60 Å². The van der Waals surface area contributed by atoms with Crippen molar-refractivity contribution in [1.82, 2.24) is 19.6 Å². The third-order valence-electron chi connectivity index (χ3n) is 8.29. The van der Waals surface area contributed by atoms with Gasteiger partial charge in [-0.25, -0.2) is 9.48 Å². The zero-order valence-electron chi connectivity index (χ0n) is 20.9. The van der Waals surface area contributed by atoms with Gasteiger partial charge in [0.05, 0.1) is 23.1 Å². The summed E-state index contributed by atoms with van der Waals surface area (Å²) in [6.07, 6.45) is 6.37. The summed E-state index contributed by atoms with van der Waals surface area (Å²) in [4.78, 5) is 29.3. The number of hydrogen-bond acceptors (Lipinski definition) is 4. The number of aromatic nitrogens is 2. The standard InChI is InChI=1S/C28H34N4O3/c1-5-24(33)30-12-10-21-25-22(11-13-31(23(25)17-30)26(34)35-27(2,3)4)32(29-21)20-8-6-19(7-9-20)28-14-18(15-28)16-28/h5-9,18,23H,1,10-17H2,2-4H3. The molecule has 1 aromatic carbocycles. The molecule has 1 unspecified atom stereocenters. The number of benzene rings is 1. The maximum Gasteiger partial charge on any atom is 0.410 e. The third-order valence-corrected chi connectivity index (χ3v) is 8.29. The summed E-state index contributed by atoms with van der Waals surface area (Å²) in [5.74, 6) is 0.835. The Balaban J connectivity index is 1.36. The molecule has 7 nitrogen and oxygen atoms in total. The van der Waals surface area contributed by atoms with Crippen LogP contribution in [0, 0.1) is 5.92 Å². The highest BCUT2D eigenvalue weighted by Crippen LogP contribution is 2.65. The number of nitrogens with zero attached hydrogens (tertiary/aromatic N) is 4. The lowest BCUT2D eigenvalue weighted by Crippen LogP contribution is -2.55. The van der Waals surface area contributed by atoms with Crippen molar-refractivity contribution in [3.05, 3.63) is 59.4 Å². The fraction of sp³-hybridized carbons (Fsp3) is 0.536. The largest absolute Gasteiger partial charge is 0.444 e. The van der Waals surface area contributed by atoms with Crippen molar-refractivity contribution in [1.29, 1.82) is 0 Å². The Morgan fingerprint density at radius 2 is 1.83 bits per heavy atom. The Morgan fingerprint density at radius 3 is 2.43 bits per heavy atom. The first-order chi connectivity index (χ1) is 16.7. The first-order valence-corrected chi connectivity index (χ1v) is 12.8. The average Bonchev–Trinajstić information content (AvgIpc) is 3.01. The van der Waals surface area contributed by atoms with E-state index in [1.54, 1.807) is 9.80 Å². The number of hydrogen-bond donors (Lipinski definition) is 0. The number of carbonyl (C=O) groups is 2. The van der Waals surface area contributed by atoms with Gasteiger partial charge in [-0.05, 0) is 75.1 Å². The van der Waals surface area contributed by atoms with Crippen LogP contribution in [-0.2, 0) is 27.8 Å². The van der Waals surface area contributed by atoms with Crippen LogP contribution in [0.25, 0.3) is 5.69 Å². The first kappa shape index (κ1) is 22.4. The van der Waals surface area contributed by atoms with Crippen molar-refractivity contribution >= 4 is 12.0 Å². The zero-order valence-corrected chi connectivity index (χ0v) is 20.9. The van der Waals surface area contributed by atoms with Gasteiger partial charge in [-0.2, -0.15) is 5.10 Å². The second-order valence-corrected chi connectivity index (χ2v) is 11.7. The van der Waals surface area contributed by atoms with Crippen molar-refractivity contribution in [2.24, 2.45) is 5.92 Å². The molecule has 3 aliphatic carbocycles. The molecule has 1 atom stereocenters. The summed E-state index contributed by atoms with van der Waals surface area (Å²) in [6.45, 7) is 10.8. The second-order valence-electron chi connectivity index (χ2n) is 11.7. The fourth-order valence-corrected chi connectivity index (χ4v) is 6.46. The van der Waals surface area contributed by atoms with Gasteiger partial charge in [-0.1, -0.05) is 18.7 Å². The molecule has 2 aromatic rings. The number of carbonyl (C=O) groups excluding carboxylic acids is 2. The highest BCUT2D eigenvalue weighted by atomic mass is 16.6. The van der Waals surface area contributed by atoms with Crippen LogP contribution in [0.1, 0.15) is 68.6 Å². The molecule has 184 valence electrons. The molecule has 2 bridgehead atoms. The maximum absolute atomic E-state index is 13.2. The van der Waals surface area contributed by atoms with Gasteiger partial charge in [0.15, 0.2) is 0 Å². The Morgan fingerprint density at radius 1 is 1.11 bits per heavy atom. The molecule has 7 heteroatoms. The zero-order chi connectivity index (χ0) is 24.5. The lowest BCUT2D eigenvalue weighted by molar-refractivity contribution is -0.126.